The van der Waals surface area contributed by atoms with Crippen LogP contribution >= 0.6 is 0 Å². The first-order chi connectivity index (χ1) is 9.77. The van der Waals surface area contributed by atoms with Crippen molar-refractivity contribution < 1.29 is 5.11 Å². The van der Waals surface area contributed by atoms with Crippen LogP contribution in [0.25, 0.3) is 0 Å². The Balaban J connectivity index is 2.99. The molecular weight excluding hydrogens is 244 g/mol. The lowest BCUT2D eigenvalue weighted by Gasteiger charge is -2.02. The Bertz CT molecular complexity index is 196. The monoisotopic (exact) mass is 282 g/mol. The molecule has 0 heterocycles. The number of allylic oxidation sites excluding steroid dienone is 2. The zero-order valence-corrected chi connectivity index (χ0v) is 14.1. The fourth-order valence-corrected chi connectivity index (χ4v) is 2.51. The van der Waals surface area contributed by atoms with Crippen LogP contribution in [0.5, 0.6) is 0 Å². The molecule has 0 aliphatic carbocycles. The number of hydrogen-bond donors (Lipinski definition) is 1. The van der Waals surface area contributed by atoms with Crippen LogP contribution in [0.4, 0.5) is 0 Å². The molecule has 0 saturated heterocycles. The summed E-state index contributed by atoms with van der Waals surface area (Å²) in [6, 6.07) is 0. The van der Waals surface area contributed by atoms with Crippen LogP contribution in [-0.4, -0.2) is 11.7 Å². The van der Waals surface area contributed by atoms with Crippen molar-refractivity contribution in [2.24, 2.45) is 5.92 Å². The molecule has 0 amide bonds. The predicted octanol–water partition coefficient (Wildman–Crippen LogP) is 6.26. The van der Waals surface area contributed by atoms with Crippen molar-refractivity contribution in [2.45, 2.75) is 97.3 Å². The second-order valence-corrected chi connectivity index (χ2v) is 6.43. The lowest BCUT2D eigenvalue weighted by atomic mass is 10.0. The van der Waals surface area contributed by atoms with Crippen molar-refractivity contribution in [3.8, 4) is 0 Å². The third kappa shape index (κ3) is 17.7. The molecule has 0 atom stereocenters. The third-order valence-electron chi connectivity index (χ3n) is 3.80. The standard InChI is InChI=1S/C19H38O/c1-19(2)17-15-13-11-9-7-5-3-4-6-8-10-12-14-16-18-20/h15,17,19-20H,3-14,16,18H2,1-2H3/b17-15+. The van der Waals surface area contributed by atoms with Crippen LogP contribution in [-0.2, 0) is 0 Å². The Morgan fingerprint density at radius 3 is 1.45 bits per heavy atom. The molecule has 20 heavy (non-hydrogen) atoms. The molecule has 0 radical (unpaired) electrons. The van der Waals surface area contributed by atoms with E-state index in [0.29, 0.717) is 12.5 Å². The van der Waals surface area contributed by atoms with Gasteiger partial charge in [-0.2, -0.15) is 0 Å². The van der Waals surface area contributed by atoms with Gasteiger partial charge in [-0.3, -0.25) is 0 Å². The van der Waals surface area contributed by atoms with E-state index >= 15 is 0 Å². The van der Waals surface area contributed by atoms with Gasteiger partial charge in [0.15, 0.2) is 0 Å². The first kappa shape index (κ1) is 19.7. The van der Waals surface area contributed by atoms with E-state index < -0.39 is 0 Å². The lowest BCUT2D eigenvalue weighted by Crippen LogP contribution is -1.85. The highest BCUT2D eigenvalue weighted by atomic mass is 16.2. The van der Waals surface area contributed by atoms with Gasteiger partial charge in [0.05, 0.1) is 0 Å². The average molecular weight is 283 g/mol. The molecule has 0 aromatic rings. The molecule has 0 aromatic heterocycles. The lowest BCUT2D eigenvalue weighted by molar-refractivity contribution is 0.282. The molecule has 1 heteroatoms. The molecule has 0 bridgehead atoms. The van der Waals surface area contributed by atoms with E-state index in [-0.39, 0.29) is 0 Å². The topological polar surface area (TPSA) is 20.2 Å². The van der Waals surface area contributed by atoms with Crippen LogP contribution in [0.1, 0.15) is 97.3 Å². The molecule has 0 spiro atoms. The Hall–Kier alpha value is -0.300. The van der Waals surface area contributed by atoms with Crippen molar-refractivity contribution >= 4 is 0 Å². The van der Waals surface area contributed by atoms with Gasteiger partial charge in [-0.05, 0) is 25.2 Å². The van der Waals surface area contributed by atoms with Gasteiger partial charge < -0.3 is 5.11 Å². The highest BCUT2D eigenvalue weighted by molar-refractivity contribution is 4.83. The number of rotatable bonds is 15. The SMILES string of the molecule is CC(C)/C=C/CCCCCCCCCCCCCCO. The molecule has 1 nitrogen and oxygen atoms in total. The van der Waals surface area contributed by atoms with E-state index in [1.807, 2.05) is 0 Å². The molecule has 0 aliphatic rings. The molecule has 0 aliphatic heterocycles. The summed E-state index contributed by atoms with van der Waals surface area (Å²) < 4.78 is 0. The third-order valence-corrected chi connectivity index (χ3v) is 3.80. The Kier molecular flexibility index (Phi) is 16.5. The average Bonchev–Trinajstić information content (AvgIpc) is 2.43. The van der Waals surface area contributed by atoms with Crippen LogP contribution < -0.4 is 0 Å². The van der Waals surface area contributed by atoms with Crippen LogP contribution in [0.2, 0.25) is 0 Å². The zero-order chi connectivity index (χ0) is 14.9. The number of hydrogen-bond acceptors (Lipinski definition) is 1. The Morgan fingerprint density at radius 2 is 1.05 bits per heavy atom. The summed E-state index contributed by atoms with van der Waals surface area (Å²) in [5.74, 6) is 0.707. The van der Waals surface area contributed by atoms with Gasteiger partial charge in [0.2, 0.25) is 0 Å². The fraction of sp³-hybridized carbons (Fsp3) is 0.895. The van der Waals surface area contributed by atoms with Gasteiger partial charge in [0.25, 0.3) is 0 Å². The number of aliphatic hydroxyl groups excluding tert-OH is 1. The quantitative estimate of drug-likeness (QED) is 0.277. The van der Waals surface area contributed by atoms with Crippen molar-refractivity contribution in [3.63, 3.8) is 0 Å². The number of aliphatic hydroxyl groups is 1. The molecule has 0 rings (SSSR count). The maximum atomic E-state index is 8.68. The highest BCUT2D eigenvalue weighted by Gasteiger charge is 1.93. The minimum Gasteiger partial charge on any atom is -0.396 e. The molecule has 0 fully saturated rings. The van der Waals surface area contributed by atoms with Crippen molar-refractivity contribution in [1.29, 1.82) is 0 Å². The van der Waals surface area contributed by atoms with Gasteiger partial charge >= 0.3 is 0 Å². The Morgan fingerprint density at radius 1 is 0.650 bits per heavy atom. The smallest absolute Gasteiger partial charge is 0.0431 e. The highest BCUT2D eigenvalue weighted by Crippen LogP contribution is 2.12. The maximum Gasteiger partial charge on any atom is 0.0431 e. The van der Waals surface area contributed by atoms with E-state index in [2.05, 4.69) is 26.0 Å². The summed E-state index contributed by atoms with van der Waals surface area (Å²) in [6.07, 6.45) is 22.1. The normalized spacial score (nSPS) is 11.8. The first-order valence-electron chi connectivity index (χ1n) is 9.05. The first-order valence-corrected chi connectivity index (χ1v) is 9.05. The van der Waals surface area contributed by atoms with Crippen molar-refractivity contribution in [1.82, 2.24) is 0 Å². The van der Waals surface area contributed by atoms with Gasteiger partial charge in [0, 0.05) is 6.61 Å². The minimum atomic E-state index is 0.368. The van der Waals surface area contributed by atoms with Gasteiger partial charge in [-0.15, -0.1) is 0 Å². The van der Waals surface area contributed by atoms with E-state index in [1.165, 1.54) is 77.0 Å². The molecule has 1 N–H and O–H groups in total. The minimum absolute atomic E-state index is 0.368. The largest absolute Gasteiger partial charge is 0.396 e. The fourth-order valence-electron chi connectivity index (χ4n) is 2.51. The summed E-state index contributed by atoms with van der Waals surface area (Å²) in [4.78, 5) is 0. The van der Waals surface area contributed by atoms with Crippen molar-refractivity contribution in [3.05, 3.63) is 12.2 Å². The second-order valence-electron chi connectivity index (χ2n) is 6.43. The van der Waals surface area contributed by atoms with E-state index in [1.54, 1.807) is 0 Å². The van der Waals surface area contributed by atoms with Gasteiger partial charge in [-0.25, -0.2) is 0 Å². The molecule has 0 saturated carbocycles. The van der Waals surface area contributed by atoms with Crippen molar-refractivity contribution in [2.75, 3.05) is 6.61 Å². The molecule has 120 valence electrons. The van der Waals surface area contributed by atoms with Gasteiger partial charge in [-0.1, -0.05) is 90.2 Å². The van der Waals surface area contributed by atoms with Gasteiger partial charge in [0.1, 0.15) is 0 Å². The molecule has 0 unspecified atom stereocenters. The summed E-state index contributed by atoms with van der Waals surface area (Å²) in [5.41, 5.74) is 0. The summed E-state index contributed by atoms with van der Waals surface area (Å²) in [6.45, 7) is 4.85. The van der Waals surface area contributed by atoms with Crippen LogP contribution in [0.15, 0.2) is 12.2 Å². The number of unbranched alkanes of at least 4 members (excludes halogenated alkanes) is 12. The van der Waals surface area contributed by atoms with E-state index in [4.69, 9.17) is 5.11 Å². The summed E-state index contributed by atoms with van der Waals surface area (Å²) in [5, 5.41) is 8.68. The maximum absolute atomic E-state index is 8.68. The Labute approximate surface area is 127 Å². The molecular formula is C19H38O. The second kappa shape index (κ2) is 16.8. The van der Waals surface area contributed by atoms with Crippen LogP contribution in [0.3, 0.4) is 0 Å². The van der Waals surface area contributed by atoms with E-state index in [0.717, 1.165) is 6.42 Å². The summed E-state index contributed by atoms with van der Waals surface area (Å²) >= 11 is 0. The zero-order valence-electron chi connectivity index (χ0n) is 14.1. The molecule has 0 aromatic carbocycles. The summed E-state index contributed by atoms with van der Waals surface area (Å²) in [7, 11) is 0. The van der Waals surface area contributed by atoms with E-state index in [9.17, 15) is 0 Å². The van der Waals surface area contributed by atoms with Crippen LogP contribution in [0, 0.1) is 5.92 Å². The predicted molar refractivity (Wildman–Crippen MR) is 91.1 cm³/mol.